The van der Waals surface area contributed by atoms with E-state index in [9.17, 15) is 0 Å². The van der Waals surface area contributed by atoms with Gasteiger partial charge in [-0.05, 0) is 57.4 Å². The molecule has 0 amide bonds. The highest BCUT2D eigenvalue weighted by Gasteiger charge is 2.09. The second kappa shape index (κ2) is 6.05. The van der Waals surface area contributed by atoms with E-state index in [1.807, 2.05) is 12.1 Å². The van der Waals surface area contributed by atoms with Crippen LogP contribution in [-0.2, 0) is 0 Å². The molecule has 1 rings (SSSR count). The van der Waals surface area contributed by atoms with Crippen molar-refractivity contribution in [3.63, 3.8) is 0 Å². The Bertz CT molecular complexity index is 416. The Labute approximate surface area is 111 Å². The fourth-order valence-corrected chi connectivity index (χ4v) is 1.50. The molecule has 0 aromatic heterocycles. The van der Waals surface area contributed by atoms with Gasteiger partial charge in [0.1, 0.15) is 12.4 Å². The number of ether oxygens (including phenoxy) is 1. The summed E-state index contributed by atoms with van der Waals surface area (Å²) in [5.74, 6) is 0.951. The molecule has 1 aromatic carbocycles. The van der Waals surface area contributed by atoms with Gasteiger partial charge in [0.2, 0.25) is 0 Å². The van der Waals surface area contributed by atoms with Crippen LogP contribution in [0.2, 0.25) is 0 Å². The lowest BCUT2D eigenvalue weighted by Crippen LogP contribution is -2.37. The van der Waals surface area contributed by atoms with Crippen LogP contribution >= 0.6 is 0 Å². The van der Waals surface area contributed by atoms with Crippen molar-refractivity contribution in [3.05, 3.63) is 41.5 Å². The van der Waals surface area contributed by atoms with Gasteiger partial charge in [0.25, 0.3) is 0 Å². The molecular formula is C16H25NO. The van der Waals surface area contributed by atoms with Gasteiger partial charge in [0, 0.05) is 12.1 Å². The van der Waals surface area contributed by atoms with Gasteiger partial charge in [0.15, 0.2) is 0 Å². The van der Waals surface area contributed by atoms with Gasteiger partial charge in [-0.3, -0.25) is 0 Å². The van der Waals surface area contributed by atoms with Gasteiger partial charge in [0.05, 0.1) is 0 Å². The van der Waals surface area contributed by atoms with Crippen LogP contribution in [-0.4, -0.2) is 18.7 Å². The molecule has 0 bridgehead atoms. The molecule has 0 aliphatic carbocycles. The van der Waals surface area contributed by atoms with Crippen LogP contribution in [0.5, 0.6) is 5.75 Å². The summed E-state index contributed by atoms with van der Waals surface area (Å²) in [6, 6.07) is 6.12. The van der Waals surface area contributed by atoms with Crippen molar-refractivity contribution in [1.82, 2.24) is 5.32 Å². The smallest absolute Gasteiger partial charge is 0.122 e. The maximum atomic E-state index is 5.81. The fourth-order valence-electron chi connectivity index (χ4n) is 1.50. The molecule has 1 aromatic rings. The first-order valence-corrected chi connectivity index (χ1v) is 6.40. The highest BCUT2D eigenvalue weighted by atomic mass is 16.5. The largest absolute Gasteiger partial charge is 0.489 e. The maximum absolute atomic E-state index is 5.81. The monoisotopic (exact) mass is 247 g/mol. The van der Waals surface area contributed by atoms with E-state index in [0.29, 0.717) is 6.61 Å². The van der Waals surface area contributed by atoms with Crippen LogP contribution in [0.1, 0.15) is 31.9 Å². The molecule has 0 aliphatic heterocycles. The number of benzene rings is 1. The third-order valence-electron chi connectivity index (χ3n) is 2.86. The lowest BCUT2D eigenvalue weighted by atomic mass is 10.1. The summed E-state index contributed by atoms with van der Waals surface area (Å²) < 4.78 is 5.81. The van der Waals surface area contributed by atoms with Crippen molar-refractivity contribution in [1.29, 1.82) is 0 Å². The zero-order valence-corrected chi connectivity index (χ0v) is 12.3. The molecule has 0 saturated carbocycles. The Balaban J connectivity index is 2.46. The van der Waals surface area contributed by atoms with E-state index < -0.39 is 0 Å². The average molecular weight is 247 g/mol. The molecule has 0 unspecified atom stereocenters. The zero-order valence-electron chi connectivity index (χ0n) is 12.3. The molecule has 18 heavy (non-hydrogen) atoms. The summed E-state index contributed by atoms with van der Waals surface area (Å²) >= 11 is 0. The molecule has 2 nitrogen and oxygen atoms in total. The molecule has 1 N–H and O–H groups in total. The van der Waals surface area contributed by atoms with Gasteiger partial charge in [-0.25, -0.2) is 0 Å². The van der Waals surface area contributed by atoms with Crippen molar-refractivity contribution in [2.75, 3.05) is 13.2 Å². The quantitative estimate of drug-likeness (QED) is 0.802. The second-order valence-corrected chi connectivity index (χ2v) is 5.84. The summed E-state index contributed by atoms with van der Waals surface area (Å²) in [4.78, 5) is 0. The summed E-state index contributed by atoms with van der Waals surface area (Å²) in [6.07, 6.45) is 0. The van der Waals surface area contributed by atoms with E-state index in [4.69, 9.17) is 4.74 Å². The Hall–Kier alpha value is -1.28. The number of hydrogen-bond donors (Lipinski definition) is 1. The van der Waals surface area contributed by atoms with Crippen molar-refractivity contribution < 1.29 is 4.74 Å². The fraction of sp³-hybridized carbons (Fsp3) is 0.500. The van der Waals surface area contributed by atoms with Gasteiger partial charge in [-0.15, -0.1) is 0 Å². The topological polar surface area (TPSA) is 21.3 Å². The van der Waals surface area contributed by atoms with Crippen molar-refractivity contribution in [2.24, 2.45) is 0 Å². The molecule has 0 aliphatic rings. The van der Waals surface area contributed by atoms with Crippen LogP contribution in [0.4, 0.5) is 0 Å². The van der Waals surface area contributed by atoms with Crippen LogP contribution < -0.4 is 10.1 Å². The zero-order chi connectivity index (χ0) is 13.8. The minimum atomic E-state index is 0.113. The van der Waals surface area contributed by atoms with Gasteiger partial charge < -0.3 is 10.1 Å². The Morgan fingerprint density at radius 1 is 1.28 bits per heavy atom. The summed E-state index contributed by atoms with van der Waals surface area (Å²) in [7, 11) is 0. The SMILES string of the molecule is C=C(CNC(C)(C)C)COc1cccc(C)c1C. The van der Waals surface area contributed by atoms with E-state index in [0.717, 1.165) is 17.9 Å². The summed E-state index contributed by atoms with van der Waals surface area (Å²) in [5, 5.41) is 3.40. The van der Waals surface area contributed by atoms with Crippen LogP contribution in [0.15, 0.2) is 30.4 Å². The molecule has 0 heterocycles. The standard InChI is InChI=1S/C16H25NO/c1-12(10-17-16(4,5)6)11-18-15-9-7-8-13(2)14(15)3/h7-9,17H,1,10-11H2,2-6H3. The minimum Gasteiger partial charge on any atom is -0.489 e. The number of aryl methyl sites for hydroxylation is 1. The summed E-state index contributed by atoms with van der Waals surface area (Å²) in [5.41, 5.74) is 3.63. The van der Waals surface area contributed by atoms with E-state index in [1.54, 1.807) is 0 Å². The lowest BCUT2D eigenvalue weighted by molar-refractivity contribution is 0.339. The lowest BCUT2D eigenvalue weighted by Gasteiger charge is -2.21. The Morgan fingerprint density at radius 2 is 1.94 bits per heavy atom. The average Bonchev–Trinajstić information content (AvgIpc) is 2.27. The first-order valence-electron chi connectivity index (χ1n) is 6.40. The minimum absolute atomic E-state index is 0.113. The van der Waals surface area contributed by atoms with Crippen LogP contribution in [0, 0.1) is 13.8 Å². The van der Waals surface area contributed by atoms with Crippen LogP contribution in [0.25, 0.3) is 0 Å². The first kappa shape index (κ1) is 14.8. The third kappa shape index (κ3) is 4.92. The molecule has 2 heteroatoms. The van der Waals surface area contributed by atoms with Crippen molar-refractivity contribution >= 4 is 0 Å². The van der Waals surface area contributed by atoms with E-state index >= 15 is 0 Å². The molecule has 0 spiro atoms. The summed E-state index contributed by atoms with van der Waals surface area (Å²) in [6.45, 7) is 16.0. The van der Waals surface area contributed by atoms with Gasteiger partial charge in [-0.1, -0.05) is 18.7 Å². The predicted octanol–water partition coefficient (Wildman–Crippen LogP) is 3.63. The van der Waals surface area contributed by atoms with Gasteiger partial charge in [-0.2, -0.15) is 0 Å². The highest BCUT2D eigenvalue weighted by molar-refractivity contribution is 5.38. The number of nitrogens with one attached hydrogen (secondary N) is 1. The number of hydrogen-bond acceptors (Lipinski definition) is 2. The van der Waals surface area contributed by atoms with Crippen molar-refractivity contribution in [2.45, 2.75) is 40.2 Å². The second-order valence-electron chi connectivity index (χ2n) is 5.84. The highest BCUT2D eigenvalue weighted by Crippen LogP contribution is 2.20. The molecule has 0 saturated heterocycles. The molecule has 0 fully saturated rings. The van der Waals surface area contributed by atoms with Crippen LogP contribution in [0.3, 0.4) is 0 Å². The molecule has 0 atom stereocenters. The predicted molar refractivity (Wildman–Crippen MR) is 78.3 cm³/mol. The van der Waals surface area contributed by atoms with Gasteiger partial charge >= 0.3 is 0 Å². The Kier molecular flexibility index (Phi) is 4.97. The third-order valence-corrected chi connectivity index (χ3v) is 2.86. The normalized spacial score (nSPS) is 11.4. The first-order chi connectivity index (χ1) is 8.29. The molecule has 0 radical (unpaired) electrons. The van der Waals surface area contributed by atoms with E-state index in [-0.39, 0.29) is 5.54 Å². The molecular weight excluding hydrogens is 222 g/mol. The van der Waals surface area contributed by atoms with E-state index in [2.05, 4.69) is 52.6 Å². The molecule has 100 valence electrons. The number of rotatable bonds is 5. The van der Waals surface area contributed by atoms with Crippen molar-refractivity contribution in [3.8, 4) is 5.75 Å². The van der Waals surface area contributed by atoms with E-state index in [1.165, 1.54) is 11.1 Å². The Morgan fingerprint density at radius 3 is 2.56 bits per heavy atom. The maximum Gasteiger partial charge on any atom is 0.122 e.